The number of sulfonamides is 1. The molecule has 0 radical (unpaired) electrons. The number of carbonyl (C=O) groups is 1. The molecule has 1 amide bonds. The highest BCUT2D eigenvalue weighted by atomic mass is 32.2. The Morgan fingerprint density at radius 1 is 0.933 bits per heavy atom. The summed E-state index contributed by atoms with van der Waals surface area (Å²) in [6, 6.07) is 21.7. The van der Waals surface area contributed by atoms with Crippen LogP contribution in [-0.2, 0) is 10.0 Å². The zero-order chi connectivity index (χ0) is 21.7. The molecule has 0 unspecified atom stereocenters. The number of hydrogen-bond donors (Lipinski definition) is 1. The van der Waals surface area contributed by atoms with Crippen molar-refractivity contribution in [2.75, 3.05) is 26.0 Å². The minimum absolute atomic E-state index is 0.00609. The van der Waals surface area contributed by atoms with Crippen LogP contribution in [0.5, 0.6) is 5.75 Å². The topological polar surface area (TPSA) is 75.7 Å². The van der Waals surface area contributed by atoms with Crippen LogP contribution in [0.1, 0.15) is 17.3 Å². The summed E-state index contributed by atoms with van der Waals surface area (Å²) in [7, 11) is -0.834. The van der Waals surface area contributed by atoms with Gasteiger partial charge in [0.2, 0.25) is 10.0 Å². The van der Waals surface area contributed by atoms with Crippen LogP contribution in [0.2, 0.25) is 0 Å². The molecular weight excluding hydrogens is 400 g/mol. The van der Waals surface area contributed by atoms with E-state index in [4.69, 9.17) is 4.74 Å². The van der Waals surface area contributed by atoms with Crippen molar-refractivity contribution >= 4 is 21.6 Å². The van der Waals surface area contributed by atoms with Gasteiger partial charge in [0.25, 0.3) is 5.91 Å². The molecule has 0 fully saturated rings. The molecule has 1 N–H and O–H groups in total. The Morgan fingerprint density at radius 2 is 1.57 bits per heavy atom. The Labute approximate surface area is 177 Å². The molecule has 0 heterocycles. The van der Waals surface area contributed by atoms with E-state index in [2.05, 4.69) is 5.32 Å². The van der Waals surface area contributed by atoms with Gasteiger partial charge in [0.05, 0.1) is 6.61 Å². The molecule has 0 saturated carbocycles. The van der Waals surface area contributed by atoms with Crippen LogP contribution in [0, 0.1) is 0 Å². The third-order valence-electron chi connectivity index (χ3n) is 4.51. The van der Waals surface area contributed by atoms with Gasteiger partial charge >= 0.3 is 0 Å². The maximum absolute atomic E-state index is 12.7. The molecule has 30 heavy (non-hydrogen) atoms. The summed E-state index contributed by atoms with van der Waals surface area (Å²) in [6.07, 6.45) is 0. The first-order valence-electron chi connectivity index (χ1n) is 9.49. The molecule has 0 bridgehead atoms. The van der Waals surface area contributed by atoms with E-state index in [1.54, 1.807) is 31.2 Å². The number of amides is 1. The summed E-state index contributed by atoms with van der Waals surface area (Å²) in [5.74, 6) is -0.0802. The van der Waals surface area contributed by atoms with Gasteiger partial charge in [0, 0.05) is 25.3 Å². The molecule has 7 heteroatoms. The predicted octanol–water partition coefficient (Wildman–Crippen LogP) is 4.25. The van der Waals surface area contributed by atoms with Gasteiger partial charge in [-0.05, 0) is 48.4 Å². The second kappa shape index (κ2) is 9.11. The van der Waals surface area contributed by atoms with Crippen LogP contribution in [0.4, 0.5) is 5.69 Å². The molecule has 0 aliphatic heterocycles. The zero-order valence-electron chi connectivity index (χ0n) is 17.1. The van der Waals surface area contributed by atoms with Crippen LogP contribution in [-0.4, -0.2) is 39.3 Å². The van der Waals surface area contributed by atoms with Crippen LogP contribution in [0.15, 0.2) is 77.7 Å². The van der Waals surface area contributed by atoms with E-state index in [0.29, 0.717) is 17.9 Å². The second-order valence-electron chi connectivity index (χ2n) is 6.78. The summed E-state index contributed by atoms with van der Waals surface area (Å²) < 4.78 is 31.8. The normalized spacial score (nSPS) is 11.3. The third kappa shape index (κ3) is 4.69. The molecule has 3 aromatic carbocycles. The fourth-order valence-corrected chi connectivity index (χ4v) is 3.96. The van der Waals surface area contributed by atoms with E-state index in [0.717, 1.165) is 15.4 Å². The van der Waals surface area contributed by atoms with Crippen molar-refractivity contribution in [2.24, 2.45) is 0 Å². The first-order valence-corrected chi connectivity index (χ1v) is 10.9. The minimum atomic E-state index is -3.73. The van der Waals surface area contributed by atoms with Crippen molar-refractivity contribution in [1.29, 1.82) is 0 Å². The maximum Gasteiger partial charge on any atom is 0.255 e. The Morgan fingerprint density at radius 3 is 2.17 bits per heavy atom. The van der Waals surface area contributed by atoms with E-state index < -0.39 is 10.0 Å². The Hall–Kier alpha value is -3.16. The van der Waals surface area contributed by atoms with E-state index >= 15 is 0 Å². The van der Waals surface area contributed by atoms with Crippen LogP contribution >= 0.6 is 0 Å². The molecule has 0 aromatic heterocycles. The number of ether oxygens (including phenoxy) is 1. The molecule has 0 aliphatic rings. The number of benzene rings is 3. The first-order chi connectivity index (χ1) is 14.3. The van der Waals surface area contributed by atoms with Crippen LogP contribution in [0.3, 0.4) is 0 Å². The summed E-state index contributed by atoms with van der Waals surface area (Å²) in [4.78, 5) is 12.7. The fraction of sp³-hybridized carbons (Fsp3) is 0.174. The van der Waals surface area contributed by atoms with Gasteiger partial charge in [0.1, 0.15) is 10.6 Å². The van der Waals surface area contributed by atoms with Crippen LogP contribution in [0.25, 0.3) is 11.1 Å². The van der Waals surface area contributed by atoms with E-state index in [1.807, 2.05) is 42.5 Å². The predicted molar refractivity (Wildman–Crippen MR) is 118 cm³/mol. The minimum Gasteiger partial charge on any atom is -0.492 e. The van der Waals surface area contributed by atoms with Gasteiger partial charge in [-0.3, -0.25) is 4.79 Å². The van der Waals surface area contributed by atoms with Crippen molar-refractivity contribution < 1.29 is 17.9 Å². The summed E-state index contributed by atoms with van der Waals surface area (Å²) >= 11 is 0. The van der Waals surface area contributed by atoms with Gasteiger partial charge in [-0.25, -0.2) is 12.7 Å². The molecule has 0 spiro atoms. The lowest BCUT2D eigenvalue weighted by molar-refractivity contribution is 0.102. The molecule has 0 aliphatic carbocycles. The highest BCUT2D eigenvalue weighted by molar-refractivity contribution is 7.89. The monoisotopic (exact) mass is 424 g/mol. The standard InChI is InChI=1S/C23H24N2O4S/c1-4-29-21-15-14-20(16-22(21)30(27,28)25(2)3)24-23(26)19-12-10-18(11-13-19)17-8-6-5-7-9-17/h5-16H,4H2,1-3H3,(H,24,26). The highest BCUT2D eigenvalue weighted by Gasteiger charge is 2.23. The SMILES string of the molecule is CCOc1ccc(NC(=O)c2ccc(-c3ccccc3)cc2)cc1S(=O)(=O)N(C)C. The van der Waals surface area contributed by atoms with Gasteiger partial charge < -0.3 is 10.1 Å². The largest absolute Gasteiger partial charge is 0.492 e. The van der Waals surface area contributed by atoms with Crippen molar-refractivity contribution in [3.63, 3.8) is 0 Å². The Bertz CT molecular complexity index is 1130. The molecule has 156 valence electrons. The van der Waals surface area contributed by atoms with Crippen molar-refractivity contribution in [3.05, 3.63) is 78.4 Å². The van der Waals surface area contributed by atoms with Crippen molar-refractivity contribution in [3.8, 4) is 16.9 Å². The smallest absolute Gasteiger partial charge is 0.255 e. The summed E-state index contributed by atoms with van der Waals surface area (Å²) in [5, 5.41) is 2.76. The quantitative estimate of drug-likeness (QED) is 0.615. The lowest BCUT2D eigenvalue weighted by Crippen LogP contribution is -2.23. The average molecular weight is 425 g/mol. The van der Waals surface area contributed by atoms with Crippen molar-refractivity contribution in [2.45, 2.75) is 11.8 Å². The number of nitrogens with one attached hydrogen (secondary N) is 1. The molecular formula is C23H24N2O4S. The number of rotatable bonds is 7. The van der Waals surface area contributed by atoms with Gasteiger partial charge in [-0.2, -0.15) is 0 Å². The molecule has 3 rings (SSSR count). The van der Waals surface area contributed by atoms with Gasteiger partial charge in [-0.15, -0.1) is 0 Å². The molecule has 0 saturated heterocycles. The third-order valence-corrected chi connectivity index (χ3v) is 6.35. The van der Waals surface area contributed by atoms with E-state index in [1.165, 1.54) is 20.2 Å². The van der Waals surface area contributed by atoms with Crippen LogP contribution < -0.4 is 10.1 Å². The molecule has 6 nitrogen and oxygen atoms in total. The average Bonchev–Trinajstić information content (AvgIpc) is 2.75. The number of anilines is 1. The fourth-order valence-electron chi connectivity index (χ4n) is 2.91. The number of hydrogen-bond acceptors (Lipinski definition) is 4. The second-order valence-corrected chi connectivity index (χ2v) is 8.90. The van der Waals surface area contributed by atoms with Gasteiger partial charge in [0.15, 0.2) is 0 Å². The Balaban J connectivity index is 1.84. The maximum atomic E-state index is 12.7. The zero-order valence-corrected chi connectivity index (χ0v) is 17.9. The first kappa shape index (κ1) is 21.5. The summed E-state index contributed by atoms with van der Waals surface area (Å²) in [6.45, 7) is 2.11. The lowest BCUT2D eigenvalue weighted by atomic mass is 10.0. The van der Waals surface area contributed by atoms with Crippen molar-refractivity contribution in [1.82, 2.24) is 4.31 Å². The summed E-state index contributed by atoms with van der Waals surface area (Å²) in [5.41, 5.74) is 2.92. The Kier molecular flexibility index (Phi) is 6.54. The number of carbonyl (C=O) groups excluding carboxylic acids is 1. The van der Waals surface area contributed by atoms with E-state index in [-0.39, 0.29) is 16.6 Å². The van der Waals surface area contributed by atoms with Gasteiger partial charge in [-0.1, -0.05) is 42.5 Å². The number of nitrogens with zero attached hydrogens (tertiary/aromatic N) is 1. The lowest BCUT2D eigenvalue weighted by Gasteiger charge is -2.16. The highest BCUT2D eigenvalue weighted by Crippen LogP contribution is 2.29. The van der Waals surface area contributed by atoms with E-state index in [9.17, 15) is 13.2 Å². The molecule has 0 atom stereocenters. The molecule has 3 aromatic rings.